The quantitative estimate of drug-likeness (QED) is 0.483. The van der Waals surface area contributed by atoms with Crippen molar-refractivity contribution in [3.8, 4) is 23.0 Å². The molecule has 0 aliphatic rings. The Morgan fingerprint density at radius 2 is 1.76 bits per heavy atom. The van der Waals surface area contributed by atoms with Gasteiger partial charge >= 0.3 is 0 Å². The third-order valence-electron chi connectivity index (χ3n) is 2.60. The lowest BCUT2D eigenvalue weighted by Gasteiger charge is -2.01. The fourth-order valence-corrected chi connectivity index (χ4v) is 2.05. The van der Waals surface area contributed by atoms with Crippen LogP contribution in [0.15, 0.2) is 47.4 Å². The molecule has 0 N–H and O–H groups in total. The van der Waals surface area contributed by atoms with Gasteiger partial charge in [0.1, 0.15) is 17.0 Å². The molecule has 0 aliphatic carbocycles. The van der Waals surface area contributed by atoms with E-state index in [2.05, 4.69) is 11.8 Å². The zero-order valence-electron chi connectivity index (χ0n) is 11.4. The molecule has 0 fully saturated rings. The molecule has 0 amide bonds. The van der Waals surface area contributed by atoms with Crippen LogP contribution in [0.4, 0.5) is 4.39 Å². The summed E-state index contributed by atoms with van der Waals surface area (Å²) >= 11 is 0.800. The highest BCUT2D eigenvalue weighted by molar-refractivity contribution is 8.03. The minimum absolute atomic E-state index is 0.309. The summed E-state index contributed by atoms with van der Waals surface area (Å²) in [6, 6.07) is 12.0. The molecule has 0 atom stereocenters. The normalized spacial score (nSPS) is 9.38. The number of benzene rings is 2. The van der Waals surface area contributed by atoms with Gasteiger partial charge < -0.3 is 4.74 Å². The lowest BCUT2D eigenvalue weighted by molar-refractivity contribution is 0.340. The standard InChI is InChI=1S/C17H12FNOS/c1-2-20-15-8-5-13(6-9-15)3-4-14-7-10-17(21-12-19)16(18)11-14/h5-11H,2H2,1H3. The van der Waals surface area contributed by atoms with Crippen molar-refractivity contribution in [2.75, 3.05) is 6.61 Å². The molecule has 0 saturated carbocycles. The Morgan fingerprint density at radius 1 is 1.10 bits per heavy atom. The molecule has 0 unspecified atom stereocenters. The molecule has 21 heavy (non-hydrogen) atoms. The van der Waals surface area contributed by atoms with Gasteiger partial charge in [-0.05, 0) is 61.2 Å². The zero-order valence-corrected chi connectivity index (χ0v) is 12.2. The second kappa shape index (κ2) is 7.38. The average molecular weight is 297 g/mol. The Hall–Kier alpha value is -2.43. The molecule has 0 aliphatic heterocycles. The van der Waals surface area contributed by atoms with E-state index in [0.717, 1.165) is 23.1 Å². The number of thioether (sulfide) groups is 1. The van der Waals surface area contributed by atoms with Gasteiger partial charge in [-0.1, -0.05) is 11.8 Å². The van der Waals surface area contributed by atoms with Crippen LogP contribution in [0.25, 0.3) is 0 Å². The number of rotatable bonds is 3. The molecule has 2 aromatic carbocycles. The Morgan fingerprint density at radius 3 is 2.38 bits per heavy atom. The van der Waals surface area contributed by atoms with Gasteiger partial charge in [-0.3, -0.25) is 0 Å². The van der Waals surface area contributed by atoms with Gasteiger partial charge in [0.25, 0.3) is 0 Å². The SMILES string of the molecule is CCOc1ccc(C#Cc2ccc(SC#N)c(F)c2)cc1. The van der Waals surface area contributed by atoms with Crippen LogP contribution in [0.1, 0.15) is 18.1 Å². The molecule has 0 spiro atoms. The van der Waals surface area contributed by atoms with Gasteiger partial charge in [0, 0.05) is 11.1 Å². The van der Waals surface area contributed by atoms with Crippen molar-refractivity contribution in [2.45, 2.75) is 11.8 Å². The number of ether oxygens (including phenoxy) is 1. The van der Waals surface area contributed by atoms with Crippen molar-refractivity contribution in [3.05, 3.63) is 59.4 Å². The van der Waals surface area contributed by atoms with E-state index in [-0.39, 0.29) is 0 Å². The van der Waals surface area contributed by atoms with E-state index in [1.807, 2.05) is 36.6 Å². The number of halogens is 1. The third-order valence-corrected chi connectivity index (χ3v) is 3.25. The van der Waals surface area contributed by atoms with Gasteiger partial charge in [-0.2, -0.15) is 5.26 Å². The first kappa shape index (κ1) is 15.0. The summed E-state index contributed by atoms with van der Waals surface area (Å²) in [4.78, 5) is 0.309. The molecule has 0 heterocycles. The second-order valence-electron chi connectivity index (χ2n) is 4.05. The van der Waals surface area contributed by atoms with Gasteiger partial charge in [-0.15, -0.1) is 0 Å². The smallest absolute Gasteiger partial charge is 0.139 e. The highest BCUT2D eigenvalue weighted by Crippen LogP contribution is 2.21. The van der Waals surface area contributed by atoms with E-state index in [1.165, 1.54) is 6.07 Å². The van der Waals surface area contributed by atoms with E-state index >= 15 is 0 Å². The van der Waals surface area contributed by atoms with Crippen molar-refractivity contribution in [3.63, 3.8) is 0 Å². The summed E-state index contributed by atoms with van der Waals surface area (Å²) in [5, 5.41) is 10.4. The van der Waals surface area contributed by atoms with Crippen LogP contribution in [0.3, 0.4) is 0 Å². The Labute approximate surface area is 127 Å². The highest BCUT2D eigenvalue weighted by Gasteiger charge is 2.02. The molecule has 0 bridgehead atoms. The van der Waals surface area contributed by atoms with Crippen LogP contribution in [-0.2, 0) is 0 Å². The van der Waals surface area contributed by atoms with E-state index in [0.29, 0.717) is 17.1 Å². The Balaban J connectivity index is 2.15. The second-order valence-corrected chi connectivity index (χ2v) is 4.87. The summed E-state index contributed by atoms with van der Waals surface area (Å²) in [6.45, 7) is 2.55. The van der Waals surface area contributed by atoms with Crippen molar-refractivity contribution < 1.29 is 9.13 Å². The van der Waals surface area contributed by atoms with E-state index in [1.54, 1.807) is 12.1 Å². The third kappa shape index (κ3) is 4.27. The molecule has 4 heteroatoms. The van der Waals surface area contributed by atoms with Crippen LogP contribution < -0.4 is 4.74 Å². The maximum Gasteiger partial charge on any atom is 0.139 e. The first-order chi connectivity index (χ1) is 10.2. The topological polar surface area (TPSA) is 33.0 Å². The summed E-state index contributed by atoms with van der Waals surface area (Å²) in [5.41, 5.74) is 1.40. The molecule has 0 saturated heterocycles. The molecule has 0 aromatic heterocycles. The number of hydrogen-bond donors (Lipinski definition) is 0. The highest BCUT2D eigenvalue weighted by atomic mass is 32.2. The molecule has 2 rings (SSSR count). The zero-order chi connectivity index (χ0) is 15.1. The predicted molar refractivity (Wildman–Crippen MR) is 81.5 cm³/mol. The summed E-state index contributed by atoms with van der Waals surface area (Å²) in [7, 11) is 0. The Bertz CT molecular complexity index is 723. The first-order valence-corrected chi connectivity index (χ1v) is 7.15. The van der Waals surface area contributed by atoms with Crippen LogP contribution in [0.5, 0.6) is 5.75 Å². The van der Waals surface area contributed by atoms with Crippen molar-refractivity contribution in [1.82, 2.24) is 0 Å². The van der Waals surface area contributed by atoms with Crippen LogP contribution in [0, 0.1) is 28.3 Å². The van der Waals surface area contributed by atoms with Crippen molar-refractivity contribution >= 4 is 11.8 Å². The number of thiocyanates is 1. The fourth-order valence-electron chi connectivity index (χ4n) is 1.66. The number of nitriles is 1. The van der Waals surface area contributed by atoms with Gasteiger partial charge in [-0.25, -0.2) is 4.39 Å². The molecular weight excluding hydrogens is 285 g/mol. The summed E-state index contributed by atoms with van der Waals surface area (Å²) < 4.78 is 19.0. The van der Waals surface area contributed by atoms with E-state index in [9.17, 15) is 4.39 Å². The van der Waals surface area contributed by atoms with E-state index < -0.39 is 5.82 Å². The molecule has 104 valence electrons. The monoisotopic (exact) mass is 297 g/mol. The number of nitrogens with zero attached hydrogens (tertiary/aromatic N) is 1. The largest absolute Gasteiger partial charge is 0.494 e. The molecule has 2 nitrogen and oxygen atoms in total. The lowest BCUT2D eigenvalue weighted by atomic mass is 10.2. The minimum Gasteiger partial charge on any atom is -0.494 e. The van der Waals surface area contributed by atoms with Crippen LogP contribution in [-0.4, -0.2) is 6.61 Å². The van der Waals surface area contributed by atoms with E-state index in [4.69, 9.17) is 10.00 Å². The fraction of sp³-hybridized carbons (Fsp3) is 0.118. The first-order valence-electron chi connectivity index (χ1n) is 6.33. The van der Waals surface area contributed by atoms with Crippen LogP contribution in [0.2, 0.25) is 0 Å². The summed E-state index contributed by atoms with van der Waals surface area (Å²) in [6.07, 6.45) is 0. The van der Waals surface area contributed by atoms with Gasteiger partial charge in [0.15, 0.2) is 0 Å². The summed E-state index contributed by atoms with van der Waals surface area (Å²) in [5.74, 6) is 6.23. The minimum atomic E-state index is -0.431. The van der Waals surface area contributed by atoms with Gasteiger partial charge in [0.2, 0.25) is 0 Å². The number of hydrogen-bond acceptors (Lipinski definition) is 3. The van der Waals surface area contributed by atoms with Crippen LogP contribution >= 0.6 is 11.8 Å². The maximum absolute atomic E-state index is 13.6. The maximum atomic E-state index is 13.6. The van der Waals surface area contributed by atoms with Crippen molar-refractivity contribution in [1.29, 1.82) is 5.26 Å². The molecule has 0 radical (unpaired) electrons. The average Bonchev–Trinajstić information content (AvgIpc) is 2.49. The van der Waals surface area contributed by atoms with Crippen molar-refractivity contribution in [2.24, 2.45) is 0 Å². The molecular formula is C17H12FNOS. The Kier molecular flexibility index (Phi) is 5.26. The molecule has 2 aromatic rings. The lowest BCUT2D eigenvalue weighted by Crippen LogP contribution is -1.90. The predicted octanol–water partition coefficient (Wildman–Crippen LogP) is 4.20. The van der Waals surface area contributed by atoms with Gasteiger partial charge in [0.05, 0.1) is 11.5 Å².